The molecule has 0 unspecified atom stereocenters. The van der Waals surface area contributed by atoms with Crippen molar-refractivity contribution in [2.24, 2.45) is 16.7 Å². The molecule has 1 nitrogen and oxygen atoms in total. The molecule has 3 rings (SSSR count). The molecule has 3 fully saturated rings. The maximum absolute atomic E-state index is 2.73. The van der Waals surface area contributed by atoms with Gasteiger partial charge >= 0.3 is 0 Å². The van der Waals surface area contributed by atoms with E-state index in [4.69, 9.17) is 0 Å². The number of nitrogens with zero attached hydrogens (tertiary/aromatic N) is 1. The smallest absolute Gasteiger partial charge is 0.00507 e. The van der Waals surface area contributed by atoms with Crippen molar-refractivity contribution in [2.75, 3.05) is 19.6 Å². The van der Waals surface area contributed by atoms with E-state index in [0.717, 1.165) is 16.7 Å². The summed E-state index contributed by atoms with van der Waals surface area (Å²) in [5, 5.41) is 0. The molecule has 80 valence electrons. The van der Waals surface area contributed by atoms with Crippen LogP contribution in [0.15, 0.2) is 0 Å². The second-order valence-corrected chi connectivity index (χ2v) is 6.52. The molecule has 0 atom stereocenters. The molecule has 1 spiro atoms. The van der Waals surface area contributed by atoms with Crippen molar-refractivity contribution in [1.29, 1.82) is 0 Å². The first kappa shape index (κ1) is 9.21. The molecular formula is C13H23N. The second kappa shape index (κ2) is 2.75. The van der Waals surface area contributed by atoms with E-state index in [1.54, 1.807) is 0 Å². The molecule has 0 aromatic carbocycles. The fraction of sp³-hybridized carbons (Fsp3) is 1.00. The molecule has 2 saturated carbocycles. The molecule has 0 N–H and O–H groups in total. The van der Waals surface area contributed by atoms with Gasteiger partial charge in [-0.25, -0.2) is 0 Å². The molecule has 1 saturated heterocycles. The SMILES string of the molecule is CC(C)C1(CN2CC3(CCC3)C2)CC1. The Bertz CT molecular complexity index is 228. The summed E-state index contributed by atoms with van der Waals surface area (Å²) in [6, 6.07) is 0. The van der Waals surface area contributed by atoms with Crippen LogP contribution in [0.1, 0.15) is 46.0 Å². The third-order valence-electron chi connectivity index (χ3n) is 5.19. The lowest BCUT2D eigenvalue weighted by atomic mass is 9.63. The molecule has 0 aromatic rings. The fourth-order valence-electron chi connectivity index (χ4n) is 3.53. The van der Waals surface area contributed by atoms with Crippen molar-refractivity contribution in [1.82, 2.24) is 4.90 Å². The standard InChI is InChI=1S/C13H23N/c1-11(2)13(6-7-13)10-14-8-12(9-14)4-3-5-12/h11H,3-10H2,1-2H3. The van der Waals surface area contributed by atoms with Gasteiger partial charge in [0.1, 0.15) is 0 Å². The van der Waals surface area contributed by atoms with Gasteiger partial charge in [0.2, 0.25) is 0 Å². The van der Waals surface area contributed by atoms with Gasteiger partial charge in [-0.15, -0.1) is 0 Å². The zero-order valence-electron chi connectivity index (χ0n) is 9.68. The van der Waals surface area contributed by atoms with Gasteiger partial charge in [-0.1, -0.05) is 20.3 Å². The van der Waals surface area contributed by atoms with Gasteiger partial charge in [-0.2, -0.15) is 0 Å². The first-order chi connectivity index (χ1) is 6.64. The number of likely N-dealkylation sites (tertiary alicyclic amines) is 1. The maximum Gasteiger partial charge on any atom is 0.00507 e. The minimum atomic E-state index is 0.741. The molecule has 14 heavy (non-hydrogen) atoms. The van der Waals surface area contributed by atoms with E-state index in [1.807, 2.05) is 0 Å². The molecule has 1 aliphatic heterocycles. The summed E-state index contributed by atoms with van der Waals surface area (Å²) in [5.74, 6) is 0.903. The van der Waals surface area contributed by atoms with Crippen LogP contribution in [0.2, 0.25) is 0 Å². The van der Waals surface area contributed by atoms with Crippen LogP contribution in [0.3, 0.4) is 0 Å². The molecular weight excluding hydrogens is 170 g/mol. The Morgan fingerprint density at radius 3 is 2.07 bits per heavy atom. The maximum atomic E-state index is 2.73. The van der Waals surface area contributed by atoms with Crippen LogP contribution < -0.4 is 0 Å². The third kappa shape index (κ3) is 1.25. The average molecular weight is 193 g/mol. The van der Waals surface area contributed by atoms with Crippen molar-refractivity contribution in [2.45, 2.75) is 46.0 Å². The lowest BCUT2D eigenvalue weighted by molar-refractivity contribution is -0.0720. The van der Waals surface area contributed by atoms with E-state index >= 15 is 0 Å². The Kier molecular flexibility index (Phi) is 1.81. The summed E-state index contributed by atoms with van der Waals surface area (Å²) in [6.07, 6.45) is 7.54. The van der Waals surface area contributed by atoms with Crippen LogP contribution in [0, 0.1) is 16.7 Å². The summed E-state index contributed by atoms with van der Waals surface area (Å²) in [5.41, 5.74) is 1.57. The summed E-state index contributed by atoms with van der Waals surface area (Å²) in [6.45, 7) is 9.09. The summed E-state index contributed by atoms with van der Waals surface area (Å²) in [4.78, 5) is 2.73. The van der Waals surface area contributed by atoms with E-state index in [1.165, 1.54) is 51.7 Å². The van der Waals surface area contributed by atoms with Gasteiger partial charge < -0.3 is 4.90 Å². The van der Waals surface area contributed by atoms with Crippen LogP contribution in [0.5, 0.6) is 0 Å². The molecule has 0 amide bonds. The predicted molar refractivity (Wildman–Crippen MR) is 59.2 cm³/mol. The minimum Gasteiger partial charge on any atom is -0.302 e. The van der Waals surface area contributed by atoms with Gasteiger partial charge in [0.15, 0.2) is 0 Å². The van der Waals surface area contributed by atoms with Crippen molar-refractivity contribution in [3.05, 3.63) is 0 Å². The van der Waals surface area contributed by atoms with E-state index in [2.05, 4.69) is 18.7 Å². The zero-order chi connectivity index (χ0) is 9.81. The monoisotopic (exact) mass is 193 g/mol. The quantitative estimate of drug-likeness (QED) is 0.666. The highest BCUT2D eigenvalue weighted by atomic mass is 15.2. The van der Waals surface area contributed by atoms with Gasteiger partial charge in [0.25, 0.3) is 0 Å². The average Bonchev–Trinajstić information content (AvgIpc) is 2.72. The number of hydrogen-bond donors (Lipinski definition) is 0. The summed E-state index contributed by atoms with van der Waals surface area (Å²) >= 11 is 0. The van der Waals surface area contributed by atoms with Crippen LogP contribution in [-0.4, -0.2) is 24.5 Å². The van der Waals surface area contributed by atoms with Crippen LogP contribution in [0.4, 0.5) is 0 Å². The first-order valence-corrected chi connectivity index (χ1v) is 6.37. The molecule has 3 aliphatic rings. The predicted octanol–water partition coefficient (Wildman–Crippen LogP) is 2.91. The van der Waals surface area contributed by atoms with Gasteiger partial charge in [0, 0.05) is 19.6 Å². The molecule has 1 heterocycles. The normalized spacial score (nSPS) is 32.8. The van der Waals surface area contributed by atoms with E-state index in [0.29, 0.717) is 0 Å². The summed E-state index contributed by atoms with van der Waals surface area (Å²) in [7, 11) is 0. The molecule has 0 aromatic heterocycles. The fourth-order valence-corrected chi connectivity index (χ4v) is 3.53. The number of rotatable bonds is 3. The largest absolute Gasteiger partial charge is 0.302 e. The number of hydrogen-bond acceptors (Lipinski definition) is 1. The Balaban J connectivity index is 1.51. The van der Waals surface area contributed by atoms with Crippen LogP contribution in [0.25, 0.3) is 0 Å². The van der Waals surface area contributed by atoms with Gasteiger partial charge in [-0.05, 0) is 42.4 Å². The molecule has 0 radical (unpaired) electrons. The topological polar surface area (TPSA) is 3.24 Å². The highest BCUT2D eigenvalue weighted by molar-refractivity contribution is 5.05. The van der Waals surface area contributed by atoms with Crippen LogP contribution >= 0.6 is 0 Å². The van der Waals surface area contributed by atoms with Crippen LogP contribution in [-0.2, 0) is 0 Å². The Labute approximate surface area is 87.9 Å². The van der Waals surface area contributed by atoms with Crippen molar-refractivity contribution in [3.8, 4) is 0 Å². The van der Waals surface area contributed by atoms with E-state index in [9.17, 15) is 0 Å². The van der Waals surface area contributed by atoms with E-state index in [-0.39, 0.29) is 0 Å². The Hall–Kier alpha value is -0.0400. The zero-order valence-corrected chi connectivity index (χ0v) is 9.68. The first-order valence-electron chi connectivity index (χ1n) is 6.37. The minimum absolute atomic E-state index is 0.741. The summed E-state index contributed by atoms with van der Waals surface area (Å²) < 4.78 is 0. The molecule has 0 bridgehead atoms. The third-order valence-corrected chi connectivity index (χ3v) is 5.19. The van der Waals surface area contributed by atoms with Gasteiger partial charge in [-0.3, -0.25) is 0 Å². The highest BCUT2D eigenvalue weighted by Crippen LogP contribution is 2.55. The van der Waals surface area contributed by atoms with E-state index < -0.39 is 0 Å². The highest BCUT2D eigenvalue weighted by Gasteiger charge is 2.52. The van der Waals surface area contributed by atoms with Crippen molar-refractivity contribution >= 4 is 0 Å². The van der Waals surface area contributed by atoms with Crippen molar-refractivity contribution in [3.63, 3.8) is 0 Å². The molecule has 2 aliphatic carbocycles. The van der Waals surface area contributed by atoms with Gasteiger partial charge in [0.05, 0.1) is 0 Å². The lowest BCUT2D eigenvalue weighted by Crippen LogP contribution is -2.60. The Morgan fingerprint density at radius 2 is 1.71 bits per heavy atom. The lowest BCUT2D eigenvalue weighted by Gasteiger charge is -2.57. The van der Waals surface area contributed by atoms with Crippen molar-refractivity contribution < 1.29 is 0 Å². The second-order valence-electron chi connectivity index (χ2n) is 6.52. The molecule has 1 heteroatoms. The Morgan fingerprint density at radius 1 is 1.07 bits per heavy atom.